The zero-order chi connectivity index (χ0) is 15.7. The van der Waals surface area contributed by atoms with Crippen LogP contribution in [0.4, 0.5) is 5.69 Å². The van der Waals surface area contributed by atoms with Gasteiger partial charge in [-0.1, -0.05) is 0 Å². The number of nitrogens with one attached hydrogen (secondary N) is 1. The van der Waals surface area contributed by atoms with Crippen LogP contribution in [0.3, 0.4) is 0 Å². The largest absolute Gasteiger partial charge is 0.496 e. The normalized spacial score (nSPS) is 12.5. The zero-order valence-corrected chi connectivity index (χ0v) is 13.1. The molecule has 0 aliphatic heterocycles. The number of fused-ring (bicyclic) bond motifs is 1. The maximum absolute atomic E-state index is 12.5. The van der Waals surface area contributed by atoms with E-state index in [9.17, 15) is 4.21 Å². The van der Waals surface area contributed by atoms with E-state index in [-0.39, 0.29) is 5.75 Å². The van der Waals surface area contributed by atoms with Crippen LogP contribution in [0.5, 0.6) is 5.75 Å². The molecule has 22 heavy (non-hydrogen) atoms. The van der Waals surface area contributed by atoms with Gasteiger partial charge in [-0.25, -0.2) is 4.98 Å². The molecule has 0 saturated carbocycles. The van der Waals surface area contributed by atoms with E-state index < -0.39 is 10.8 Å². The van der Waals surface area contributed by atoms with Gasteiger partial charge in [0.15, 0.2) is 5.16 Å². The lowest BCUT2D eigenvalue weighted by atomic mass is 10.2. The van der Waals surface area contributed by atoms with Gasteiger partial charge in [-0.3, -0.25) is 9.19 Å². The number of aromatic amines is 1. The van der Waals surface area contributed by atoms with Crippen molar-refractivity contribution in [3.05, 3.63) is 41.7 Å². The van der Waals surface area contributed by atoms with Gasteiger partial charge in [0.05, 0.1) is 40.4 Å². The number of hydrogen-bond acceptors (Lipinski definition) is 5. The molecule has 1 atom stereocenters. The molecule has 0 fully saturated rings. The minimum atomic E-state index is -1.32. The van der Waals surface area contributed by atoms with E-state index in [1.165, 1.54) is 0 Å². The summed E-state index contributed by atoms with van der Waals surface area (Å²) in [4.78, 5) is 11.7. The van der Waals surface area contributed by atoms with Gasteiger partial charge in [0.1, 0.15) is 5.75 Å². The van der Waals surface area contributed by atoms with Gasteiger partial charge in [-0.15, -0.1) is 0 Å². The number of aromatic nitrogens is 3. The Bertz CT molecular complexity index is 860. The topological polar surface area (TPSA) is 93.9 Å². The predicted molar refractivity (Wildman–Crippen MR) is 86.1 cm³/mol. The van der Waals surface area contributed by atoms with E-state index in [0.29, 0.717) is 10.8 Å². The zero-order valence-electron chi connectivity index (χ0n) is 12.3. The van der Waals surface area contributed by atoms with E-state index in [4.69, 9.17) is 10.5 Å². The molecule has 0 amide bonds. The number of nitrogens with zero attached hydrogens (tertiary/aromatic N) is 2. The van der Waals surface area contributed by atoms with Crippen LogP contribution < -0.4 is 10.5 Å². The summed E-state index contributed by atoms with van der Waals surface area (Å²) in [5, 5.41) is 0.421. The first-order valence-electron chi connectivity index (χ1n) is 6.70. The standard InChI is InChI=1S/C15H16N4O2S/c1-9-13(17-6-5-14(9)21-2)8-22(20)15-18-11-4-3-10(16)7-12(11)19-15/h3-7H,8,16H2,1-2H3,(H,18,19). The van der Waals surface area contributed by atoms with Crippen LogP contribution in [-0.4, -0.2) is 26.3 Å². The monoisotopic (exact) mass is 316 g/mol. The lowest BCUT2D eigenvalue weighted by Crippen LogP contribution is -2.03. The summed E-state index contributed by atoms with van der Waals surface area (Å²) in [7, 11) is 0.284. The molecule has 2 heterocycles. The highest BCUT2D eigenvalue weighted by atomic mass is 32.2. The van der Waals surface area contributed by atoms with Crippen LogP contribution in [0.2, 0.25) is 0 Å². The lowest BCUT2D eigenvalue weighted by Gasteiger charge is -2.08. The molecule has 0 aliphatic carbocycles. The second-order valence-corrected chi connectivity index (χ2v) is 6.26. The number of methoxy groups -OCH3 is 1. The van der Waals surface area contributed by atoms with Gasteiger partial charge in [-0.05, 0) is 31.2 Å². The maximum Gasteiger partial charge on any atom is 0.197 e. The van der Waals surface area contributed by atoms with Gasteiger partial charge in [0, 0.05) is 17.4 Å². The number of imidazole rings is 1. The Morgan fingerprint density at radius 1 is 1.36 bits per heavy atom. The minimum Gasteiger partial charge on any atom is -0.496 e. The van der Waals surface area contributed by atoms with Crippen molar-refractivity contribution >= 4 is 27.5 Å². The van der Waals surface area contributed by atoms with Gasteiger partial charge in [0.25, 0.3) is 0 Å². The summed E-state index contributed by atoms with van der Waals surface area (Å²) in [6, 6.07) is 7.13. The number of H-pyrrole nitrogens is 1. The number of rotatable bonds is 4. The highest BCUT2D eigenvalue weighted by molar-refractivity contribution is 7.84. The fourth-order valence-electron chi connectivity index (χ4n) is 2.23. The molecule has 1 aromatic carbocycles. The Morgan fingerprint density at radius 3 is 2.95 bits per heavy atom. The fourth-order valence-corrected chi connectivity index (χ4v) is 3.33. The van der Waals surface area contributed by atoms with Gasteiger partial charge < -0.3 is 15.5 Å². The molecule has 0 radical (unpaired) electrons. The maximum atomic E-state index is 12.5. The summed E-state index contributed by atoms with van der Waals surface area (Å²) in [6.07, 6.45) is 1.65. The molecule has 0 saturated heterocycles. The molecule has 7 heteroatoms. The smallest absolute Gasteiger partial charge is 0.197 e. The van der Waals surface area contributed by atoms with Crippen LogP contribution >= 0.6 is 0 Å². The van der Waals surface area contributed by atoms with E-state index in [2.05, 4.69) is 15.0 Å². The first kappa shape index (κ1) is 14.5. The number of nitrogen functional groups attached to an aromatic ring is 1. The molecule has 114 valence electrons. The van der Waals surface area contributed by atoms with E-state index >= 15 is 0 Å². The lowest BCUT2D eigenvalue weighted by molar-refractivity contribution is 0.410. The Balaban J connectivity index is 1.90. The van der Waals surface area contributed by atoms with Crippen LogP contribution in [0.15, 0.2) is 35.6 Å². The number of hydrogen-bond donors (Lipinski definition) is 2. The molecule has 3 N–H and O–H groups in total. The average Bonchev–Trinajstić information content (AvgIpc) is 2.92. The molecule has 0 aliphatic rings. The Morgan fingerprint density at radius 2 is 2.18 bits per heavy atom. The highest BCUT2D eigenvalue weighted by Crippen LogP contribution is 2.22. The van der Waals surface area contributed by atoms with Gasteiger partial charge >= 0.3 is 0 Å². The summed E-state index contributed by atoms with van der Waals surface area (Å²) in [6.45, 7) is 1.90. The van der Waals surface area contributed by atoms with Crippen molar-refractivity contribution < 1.29 is 8.95 Å². The second-order valence-electron chi connectivity index (χ2n) is 4.89. The van der Waals surface area contributed by atoms with Crippen LogP contribution in [-0.2, 0) is 16.6 Å². The van der Waals surface area contributed by atoms with Crippen molar-refractivity contribution in [2.45, 2.75) is 17.8 Å². The van der Waals surface area contributed by atoms with Crippen LogP contribution in [0, 0.1) is 6.92 Å². The fraction of sp³-hybridized carbons (Fsp3) is 0.200. The van der Waals surface area contributed by atoms with E-state index in [1.807, 2.05) is 6.92 Å². The summed E-state index contributed by atoms with van der Waals surface area (Å²) >= 11 is 0. The molecule has 0 spiro atoms. The third-order valence-corrected chi connectivity index (χ3v) is 4.61. The number of benzene rings is 1. The van der Waals surface area contributed by atoms with Gasteiger partial charge in [0.2, 0.25) is 0 Å². The van der Waals surface area contributed by atoms with Crippen molar-refractivity contribution in [2.24, 2.45) is 0 Å². The average molecular weight is 316 g/mol. The third-order valence-electron chi connectivity index (χ3n) is 3.45. The van der Waals surface area contributed by atoms with Crippen molar-refractivity contribution in [3.8, 4) is 5.75 Å². The number of pyridine rings is 1. The van der Waals surface area contributed by atoms with Crippen molar-refractivity contribution in [1.29, 1.82) is 0 Å². The van der Waals surface area contributed by atoms with Crippen molar-refractivity contribution in [3.63, 3.8) is 0 Å². The molecular formula is C15H16N4O2S. The molecule has 1 unspecified atom stereocenters. The molecule has 2 aromatic heterocycles. The van der Waals surface area contributed by atoms with Crippen LogP contribution in [0.1, 0.15) is 11.3 Å². The predicted octanol–water partition coefficient (Wildman–Crippen LogP) is 2.16. The Hall–Kier alpha value is -2.41. The number of ether oxygens (including phenoxy) is 1. The number of nitrogens with two attached hydrogens (primary N) is 1. The highest BCUT2D eigenvalue weighted by Gasteiger charge is 2.14. The first-order valence-corrected chi connectivity index (χ1v) is 8.02. The summed E-state index contributed by atoms with van der Waals surface area (Å²) in [5.74, 6) is 1.01. The minimum absolute atomic E-state index is 0.276. The summed E-state index contributed by atoms with van der Waals surface area (Å²) < 4.78 is 17.8. The number of anilines is 1. The van der Waals surface area contributed by atoms with E-state index in [1.54, 1.807) is 37.6 Å². The SMILES string of the molecule is COc1ccnc(CS(=O)c2nc3ccc(N)cc3[nH]2)c1C. The summed E-state index contributed by atoms with van der Waals surface area (Å²) in [5.41, 5.74) is 9.52. The van der Waals surface area contributed by atoms with Crippen molar-refractivity contribution in [1.82, 2.24) is 15.0 Å². The Labute approximate surface area is 130 Å². The quantitative estimate of drug-likeness (QED) is 0.719. The third kappa shape index (κ3) is 2.67. The molecular weight excluding hydrogens is 300 g/mol. The second kappa shape index (κ2) is 5.76. The van der Waals surface area contributed by atoms with Gasteiger partial charge in [-0.2, -0.15) is 0 Å². The Kier molecular flexibility index (Phi) is 3.81. The molecule has 0 bridgehead atoms. The first-order chi connectivity index (χ1) is 10.6. The van der Waals surface area contributed by atoms with Crippen molar-refractivity contribution in [2.75, 3.05) is 12.8 Å². The molecule has 3 rings (SSSR count). The van der Waals surface area contributed by atoms with Crippen LogP contribution in [0.25, 0.3) is 11.0 Å². The van der Waals surface area contributed by atoms with E-state index in [0.717, 1.165) is 28.0 Å². The molecule has 6 nitrogen and oxygen atoms in total. The molecule has 3 aromatic rings.